The van der Waals surface area contributed by atoms with Gasteiger partial charge in [0.1, 0.15) is 16.8 Å². The number of hydrogen-bond acceptors (Lipinski definition) is 7. The Hall–Kier alpha value is -2.39. The Kier molecular flexibility index (Phi) is 5.11. The number of primary amides is 1. The van der Waals surface area contributed by atoms with Gasteiger partial charge in [-0.25, -0.2) is 4.98 Å². The minimum atomic E-state index is -0.354. The largest absolute Gasteiger partial charge is 0.497 e. The molecule has 2 aliphatic rings. The third-order valence-electron chi connectivity index (χ3n) is 5.42. The number of likely N-dealkylation sites (tertiary alicyclic amines) is 1. The van der Waals surface area contributed by atoms with Gasteiger partial charge in [-0.1, -0.05) is 23.9 Å². The number of hydrogen-bond donors (Lipinski definition) is 1. The third-order valence-corrected chi connectivity index (χ3v) is 6.60. The number of piperidine rings is 1. The maximum Gasteiger partial charge on any atom is 0.264 e. The van der Waals surface area contributed by atoms with Crippen molar-refractivity contribution in [1.82, 2.24) is 19.7 Å². The second-order valence-corrected chi connectivity index (χ2v) is 8.27. The molecule has 0 radical (unpaired) electrons. The van der Waals surface area contributed by atoms with Crippen LogP contribution in [-0.2, 0) is 4.79 Å². The predicted octanol–water partition coefficient (Wildman–Crippen LogP) is 1.65. The van der Waals surface area contributed by atoms with E-state index in [9.17, 15) is 9.59 Å². The fraction of sp³-hybridized carbons (Fsp3) is 0.474. The molecular weight excluding hydrogens is 378 g/mol. The molecule has 8 nitrogen and oxygen atoms in total. The van der Waals surface area contributed by atoms with Gasteiger partial charge in [-0.15, -0.1) is 5.10 Å². The van der Waals surface area contributed by atoms with Crippen LogP contribution in [0, 0.1) is 12.8 Å². The number of nitrogens with zero attached hydrogens (tertiary/aromatic N) is 4. The molecule has 0 saturated carbocycles. The second-order valence-electron chi connectivity index (χ2n) is 7.16. The van der Waals surface area contributed by atoms with Crippen molar-refractivity contribution in [2.24, 2.45) is 11.7 Å². The summed E-state index contributed by atoms with van der Waals surface area (Å²) in [5.41, 5.74) is 6.49. The van der Waals surface area contributed by atoms with Gasteiger partial charge in [-0.3, -0.25) is 14.5 Å². The minimum absolute atomic E-state index is 0.0644. The van der Waals surface area contributed by atoms with Gasteiger partial charge in [0.2, 0.25) is 5.91 Å². The van der Waals surface area contributed by atoms with Crippen LogP contribution in [-0.4, -0.2) is 56.9 Å². The van der Waals surface area contributed by atoms with E-state index in [-0.39, 0.29) is 29.0 Å². The quantitative estimate of drug-likeness (QED) is 0.812. The highest BCUT2D eigenvalue weighted by atomic mass is 32.2. The number of carbonyl (C=O) groups excluding carboxylic acids is 2. The Labute approximate surface area is 167 Å². The van der Waals surface area contributed by atoms with Crippen molar-refractivity contribution < 1.29 is 14.3 Å². The van der Waals surface area contributed by atoms with E-state index >= 15 is 0 Å². The molecule has 0 spiro atoms. The topological polar surface area (TPSA) is 103 Å². The van der Waals surface area contributed by atoms with E-state index in [0.29, 0.717) is 36.9 Å². The van der Waals surface area contributed by atoms with Crippen LogP contribution in [0.25, 0.3) is 0 Å². The summed E-state index contributed by atoms with van der Waals surface area (Å²) in [7, 11) is 1.63. The van der Waals surface area contributed by atoms with E-state index in [4.69, 9.17) is 10.5 Å². The van der Waals surface area contributed by atoms with E-state index in [1.807, 2.05) is 24.3 Å². The molecule has 1 saturated heterocycles. The van der Waals surface area contributed by atoms with Crippen molar-refractivity contribution in [3.05, 3.63) is 35.7 Å². The zero-order valence-electron chi connectivity index (χ0n) is 15.9. The second kappa shape index (κ2) is 7.56. The molecule has 2 aliphatic heterocycles. The minimum Gasteiger partial charge on any atom is -0.497 e. The van der Waals surface area contributed by atoms with Gasteiger partial charge >= 0.3 is 0 Å². The Bertz CT molecular complexity index is 907. The molecule has 9 heteroatoms. The van der Waals surface area contributed by atoms with Gasteiger partial charge in [0.15, 0.2) is 5.16 Å². The van der Waals surface area contributed by atoms with E-state index in [1.165, 1.54) is 16.4 Å². The lowest BCUT2D eigenvalue weighted by Gasteiger charge is -2.38. The van der Waals surface area contributed by atoms with Gasteiger partial charge in [-0.05, 0) is 50.6 Å². The molecule has 2 unspecified atom stereocenters. The van der Waals surface area contributed by atoms with Crippen LogP contribution in [0.4, 0.5) is 0 Å². The molecule has 1 fully saturated rings. The van der Waals surface area contributed by atoms with Gasteiger partial charge in [-0.2, -0.15) is 4.68 Å². The van der Waals surface area contributed by atoms with Crippen molar-refractivity contribution in [2.45, 2.75) is 36.2 Å². The SMILES string of the molecule is COc1cccc(C(C2Sc3nc(C)nn3C2=O)N2CCC(C(N)=O)CC2)c1. The van der Waals surface area contributed by atoms with Crippen molar-refractivity contribution in [2.75, 3.05) is 20.2 Å². The molecule has 2 N–H and O–H groups in total. The molecular formula is C19H23N5O3S. The normalized spacial score (nSPS) is 21.5. The van der Waals surface area contributed by atoms with Crippen LogP contribution in [0.1, 0.15) is 35.1 Å². The smallest absolute Gasteiger partial charge is 0.264 e. The van der Waals surface area contributed by atoms with Crippen LogP contribution in [0.15, 0.2) is 29.4 Å². The molecule has 4 rings (SSSR count). The monoisotopic (exact) mass is 401 g/mol. The number of nitrogens with two attached hydrogens (primary N) is 1. The summed E-state index contributed by atoms with van der Waals surface area (Å²) < 4.78 is 6.80. The molecule has 148 valence electrons. The third kappa shape index (κ3) is 3.40. The molecule has 1 aromatic heterocycles. The number of carbonyl (C=O) groups is 2. The first-order valence-electron chi connectivity index (χ1n) is 9.30. The molecule has 1 aromatic carbocycles. The summed E-state index contributed by atoms with van der Waals surface area (Å²) in [5.74, 6) is 0.925. The molecule has 1 amide bonds. The zero-order valence-corrected chi connectivity index (χ0v) is 16.7. The number of methoxy groups -OCH3 is 1. The number of fused-ring (bicyclic) bond motifs is 1. The fourth-order valence-electron chi connectivity index (χ4n) is 3.96. The van der Waals surface area contributed by atoms with Crippen molar-refractivity contribution >= 4 is 23.6 Å². The first-order chi connectivity index (χ1) is 13.5. The number of aromatic nitrogens is 3. The Morgan fingerprint density at radius 2 is 2.11 bits per heavy atom. The molecule has 2 atom stereocenters. The number of amides is 1. The van der Waals surface area contributed by atoms with Crippen molar-refractivity contribution in [3.63, 3.8) is 0 Å². The number of benzene rings is 1. The predicted molar refractivity (Wildman–Crippen MR) is 104 cm³/mol. The van der Waals surface area contributed by atoms with E-state index in [1.54, 1.807) is 14.0 Å². The summed E-state index contributed by atoms with van der Waals surface area (Å²) in [6, 6.07) is 7.64. The van der Waals surface area contributed by atoms with Gasteiger partial charge < -0.3 is 10.5 Å². The van der Waals surface area contributed by atoms with Crippen LogP contribution in [0.2, 0.25) is 0 Å². The van der Waals surface area contributed by atoms with Crippen LogP contribution in [0.3, 0.4) is 0 Å². The molecule has 0 bridgehead atoms. The average molecular weight is 401 g/mol. The maximum atomic E-state index is 13.1. The van der Waals surface area contributed by atoms with E-state index < -0.39 is 0 Å². The lowest BCUT2D eigenvalue weighted by atomic mass is 9.92. The van der Waals surface area contributed by atoms with Crippen LogP contribution < -0.4 is 10.5 Å². The maximum absolute atomic E-state index is 13.1. The summed E-state index contributed by atoms with van der Waals surface area (Å²) in [5, 5.41) is 4.52. The Morgan fingerprint density at radius 3 is 2.75 bits per heavy atom. The number of ether oxygens (including phenoxy) is 1. The summed E-state index contributed by atoms with van der Waals surface area (Å²) in [4.78, 5) is 31.3. The molecule has 28 heavy (non-hydrogen) atoms. The van der Waals surface area contributed by atoms with Crippen molar-refractivity contribution in [1.29, 1.82) is 0 Å². The highest BCUT2D eigenvalue weighted by Crippen LogP contribution is 2.42. The molecule has 0 aliphatic carbocycles. The number of thioether (sulfide) groups is 1. The Morgan fingerprint density at radius 1 is 1.36 bits per heavy atom. The zero-order chi connectivity index (χ0) is 19.8. The standard InChI is InChI=1S/C19H23N5O3S/c1-11-21-19-24(22-11)18(26)16(28-19)15(13-4-3-5-14(10-13)27-2)23-8-6-12(7-9-23)17(20)25/h3-5,10,12,15-16H,6-9H2,1-2H3,(H2,20,25). The average Bonchev–Trinajstić information content (AvgIpc) is 3.20. The highest BCUT2D eigenvalue weighted by Gasteiger charge is 2.43. The lowest BCUT2D eigenvalue weighted by molar-refractivity contribution is -0.123. The van der Waals surface area contributed by atoms with E-state index in [2.05, 4.69) is 15.0 Å². The van der Waals surface area contributed by atoms with Crippen LogP contribution in [0.5, 0.6) is 5.75 Å². The first-order valence-corrected chi connectivity index (χ1v) is 10.2. The number of aryl methyl sites for hydroxylation is 1. The lowest BCUT2D eigenvalue weighted by Crippen LogP contribution is -2.45. The van der Waals surface area contributed by atoms with Gasteiger partial charge in [0.05, 0.1) is 13.2 Å². The van der Waals surface area contributed by atoms with Gasteiger partial charge in [0, 0.05) is 5.92 Å². The Balaban J connectivity index is 1.65. The molecule has 3 heterocycles. The highest BCUT2D eigenvalue weighted by molar-refractivity contribution is 8.00. The summed E-state index contributed by atoms with van der Waals surface area (Å²) >= 11 is 1.45. The molecule has 2 aromatic rings. The summed E-state index contributed by atoms with van der Waals surface area (Å²) in [6.07, 6.45) is 1.40. The fourth-order valence-corrected chi connectivity index (χ4v) is 5.27. The number of rotatable bonds is 5. The van der Waals surface area contributed by atoms with Crippen molar-refractivity contribution in [3.8, 4) is 5.75 Å². The van der Waals surface area contributed by atoms with E-state index in [0.717, 1.165) is 11.3 Å². The summed E-state index contributed by atoms with van der Waals surface area (Å²) in [6.45, 7) is 3.19. The van der Waals surface area contributed by atoms with Gasteiger partial charge in [0.25, 0.3) is 5.91 Å². The van der Waals surface area contributed by atoms with Crippen LogP contribution >= 0.6 is 11.8 Å². The first kappa shape index (κ1) is 18.9.